The van der Waals surface area contributed by atoms with E-state index in [1.165, 1.54) is 4.90 Å². The Morgan fingerprint density at radius 3 is 2.38 bits per heavy atom. The molecule has 1 unspecified atom stereocenters. The van der Waals surface area contributed by atoms with Gasteiger partial charge in [0.15, 0.2) is 0 Å². The summed E-state index contributed by atoms with van der Waals surface area (Å²) < 4.78 is 5.14. The zero-order valence-corrected chi connectivity index (χ0v) is 14.0. The molecule has 0 aromatic heterocycles. The molecule has 1 aliphatic heterocycles. The monoisotopic (exact) mass is 324 g/mol. The number of carbonyl (C=O) groups is 2. The van der Waals surface area contributed by atoms with Gasteiger partial charge in [0.1, 0.15) is 11.3 Å². The van der Waals surface area contributed by atoms with Gasteiger partial charge in [-0.3, -0.25) is 9.69 Å². The van der Waals surface area contributed by atoms with Crippen molar-refractivity contribution in [2.45, 2.75) is 25.9 Å². The van der Waals surface area contributed by atoms with Crippen LogP contribution in [0.25, 0.3) is 0 Å². The van der Waals surface area contributed by atoms with Crippen LogP contribution in [-0.4, -0.2) is 23.9 Å². The Hall–Kier alpha value is -2.82. The van der Waals surface area contributed by atoms with Crippen LogP contribution in [0.15, 0.2) is 48.5 Å². The number of benzene rings is 2. The van der Waals surface area contributed by atoms with E-state index in [0.717, 1.165) is 16.7 Å². The normalized spacial score (nSPS) is 20.2. The average molecular weight is 324 g/mol. The van der Waals surface area contributed by atoms with E-state index in [0.29, 0.717) is 5.75 Å². The summed E-state index contributed by atoms with van der Waals surface area (Å²) in [4.78, 5) is 26.6. The van der Waals surface area contributed by atoms with Crippen molar-refractivity contribution in [1.82, 2.24) is 10.2 Å². The summed E-state index contributed by atoms with van der Waals surface area (Å²) in [6.07, 6.45) is 0. The Morgan fingerprint density at radius 2 is 1.75 bits per heavy atom. The molecule has 0 radical (unpaired) electrons. The molecule has 5 heteroatoms. The van der Waals surface area contributed by atoms with Crippen molar-refractivity contribution in [3.05, 3.63) is 65.2 Å². The number of aryl methyl sites for hydroxylation is 1. The molecule has 1 N–H and O–H groups in total. The van der Waals surface area contributed by atoms with Crippen molar-refractivity contribution in [2.24, 2.45) is 0 Å². The van der Waals surface area contributed by atoms with Crippen LogP contribution in [0.2, 0.25) is 0 Å². The number of ether oxygens (including phenoxy) is 1. The molecular formula is C19H20N2O3. The molecule has 24 heavy (non-hydrogen) atoms. The van der Waals surface area contributed by atoms with Gasteiger partial charge in [-0.15, -0.1) is 0 Å². The molecule has 2 aromatic carbocycles. The van der Waals surface area contributed by atoms with Gasteiger partial charge in [0.2, 0.25) is 0 Å². The summed E-state index contributed by atoms with van der Waals surface area (Å²) in [6, 6.07) is 14.5. The molecule has 0 aliphatic carbocycles. The number of methoxy groups -OCH3 is 1. The Balaban J connectivity index is 1.88. The third-order valence-corrected chi connectivity index (χ3v) is 4.53. The molecule has 1 saturated heterocycles. The number of urea groups is 1. The van der Waals surface area contributed by atoms with Crippen LogP contribution in [0.1, 0.15) is 23.6 Å². The summed E-state index contributed by atoms with van der Waals surface area (Å²) in [5, 5.41) is 2.82. The van der Waals surface area contributed by atoms with Crippen molar-refractivity contribution >= 4 is 11.9 Å². The highest BCUT2D eigenvalue weighted by Crippen LogP contribution is 2.31. The molecule has 0 saturated carbocycles. The summed E-state index contributed by atoms with van der Waals surface area (Å²) in [7, 11) is 1.59. The lowest BCUT2D eigenvalue weighted by Gasteiger charge is -2.22. The molecule has 3 amide bonds. The smallest absolute Gasteiger partial charge is 0.325 e. The van der Waals surface area contributed by atoms with Crippen molar-refractivity contribution in [3.63, 3.8) is 0 Å². The van der Waals surface area contributed by atoms with Gasteiger partial charge in [-0.05, 0) is 42.7 Å². The first-order valence-electron chi connectivity index (χ1n) is 7.79. The number of hydrogen-bond acceptors (Lipinski definition) is 3. The Morgan fingerprint density at radius 1 is 1.08 bits per heavy atom. The fraction of sp³-hybridized carbons (Fsp3) is 0.263. The van der Waals surface area contributed by atoms with Crippen LogP contribution in [0.3, 0.4) is 0 Å². The maximum absolute atomic E-state index is 12.9. The number of rotatable bonds is 4. The number of imide groups is 1. The molecule has 2 aromatic rings. The van der Waals surface area contributed by atoms with E-state index in [4.69, 9.17) is 4.74 Å². The predicted molar refractivity (Wildman–Crippen MR) is 90.6 cm³/mol. The maximum Gasteiger partial charge on any atom is 0.325 e. The van der Waals surface area contributed by atoms with E-state index >= 15 is 0 Å². The van der Waals surface area contributed by atoms with E-state index in [2.05, 4.69) is 5.32 Å². The van der Waals surface area contributed by atoms with E-state index in [1.807, 2.05) is 31.2 Å². The molecule has 1 atom stereocenters. The Kier molecular flexibility index (Phi) is 4.01. The third kappa shape index (κ3) is 2.62. The molecule has 0 bridgehead atoms. The van der Waals surface area contributed by atoms with Crippen LogP contribution in [0, 0.1) is 6.92 Å². The molecule has 5 nitrogen and oxygen atoms in total. The molecule has 0 spiro atoms. The molecular weight excluding hydrogens is 304 g/mol. The number of hydrogen-bond donors (Lipinski definition) is 1. The molecule has 124 valence electrons. The van der Waals surface area contributed by atoms with Crippen molar-refractivity contribution < 1.29 is 14.3 Å². The fourth-order valence-electron chi connectivity index (χ4n) is 2.92. The van der Waals surface area contributed by atoms with E-state index < -0.39 is 5.54 Å². The highest BCUT2D eigenvalue weighted by molar-refractivity contribution is 6.07. The van der Waals surface area contributed by atoms with Crippen LogP contribution in [-0.2, 0) is 16.9 Å². The number of nitrogens with zero attached hydrogens (tertiary/aromatic N) is 1. The molecule has 1 aliphatic rings. The van der Waals surface area contributed by atoms with Gasteiger partial charge >= 0.3 is 6.03 Å². The Labute approximate surface area is 141 Å². The lowest BCUT2D eigenvalue weighted by atomic mass is 9.92. The highest BCUT2D eigenvalue weighted by Gasteiger charge is 2.48. The summed E-state index contributed by atoms with van der Waals surface area (Å²) in [5.41, 5.74) is 1.68. The van der Waals surface area contributed by atoms with Crippen molar-refractivity contribution in [1.29, 1.82) is 0 Å². The summed E-state index contributed by atoms with van der Waals surface area (Å²) in [6.45, 7) is 3.96. The lowest BCUT2D eigenvalue weighted by molar-refractivity contribution is -0.131. The van der Waals surface area contributed by atoms with Crippen LogP contribution >= 0.6 is 0 Å². The molecule has 1 fully saturated rings. The molecule has 3 rings (SSSR count). The zero-order valence-electron chi connectivity index (χ0n) is 14.0. The minimum atomic E-state index is -1.06. The van der Waals surface area contributed by atoms with Gasteiger partial charge in [-0.2, -0.15) is 0 Å². The van der Waals surface area contributed by atoms with Crippen LogP contribution in [0.4, 0.5) is 4.79 Å². The minimum absolute atomic E-state index is 0.249. The maximum atomic E-state index is 12.9. The van der Waals surface area contributed by atoms with E-state index in [1.54, 1.807) is 38.3 Å². The van der Waals surface area contributed by atoms with Gasteiger partial charge in [0.05, 0.1) is 13.7 Å². The quantitative estimate of drug-likeness (QED) is 0.880. The van der Waals surface area contributed by atoms with Crippen molar-refractivity contribution in [3.8, 4) is 5.75 Å². The first kappa shape index (κ1) is 16.1. The summed E-state index contributed by atoms with van der Waals surface area (Å²) in [5.74, 6) is 0.455. The fourth-order valence-corrected chi connectivity index (χ4v) is 2.92. The van der Waals surface area contributed by atoms with Gasteiger partial charge in [-0.1, -0.05) is 36.4 Å². The predicted octanol–water partition coefficient (Wildman–Crippen LogP) is 2.97. The highest BCUT2D eigenvalue weighted by atomic mass is 16.5. The standard InChI is InChI=1S/C19H20N2O3/c1-13-6-4-5-7-14(13)12-21-17(22)19(2,20-18(21)23)15-8-10-16(24-3)11-9-15/h4-11H,12H2,1-3H3,(H,20,23). The largest absolute Gasteiger partial charge is 0.497 e. The van der Waals surface area contributed by atoms with Gasteiger partial charge in [-0.25, -0.2) is 4.79 Å². The third-order valence-electron chi connectivity index (χ3n) is 4.53. The average Bonchev–Trinajstić information content (AvgIpc) is 2.81. The van der Waals surface area contributed by atoms with Crippen LogP contribution < -0.4 is 10.1 Å². The summed E-state index contributed by atoms with van der Waals surface area (Å²) >= 11 is 0. The van der Waals surface area contributed by atoms with Crippen molar-refractivity contribution in [2.75, 3.05) is 7.11 Å². The zero-order chi connectivity index (χ0) is 17.3. The number of carbonyl (C=O) groups excluding carboxylic acids is 2. The van der Waals surface area contributed by atoms with Gasteiger partial charge < -0.3 is 10.1 Å². The first-order valence-corrected chi connectivity index (χ1v) is 7.79. The van der Waals surface area contributed by atoms with E-state index in [9.17, 15) is 9.59 Å². The second-order valence-electron chi connectivity index (χ2n) is 6.10. The second-order valence-corrected chi connectivity index (χ2v) is 6.10. The van der Waals surface area contributed by atoms with Gasteiger partial charge in [0, 0.05) is 0 Å². The number of amides is 3. The lowest BCUT2D eigenvalue weighted by Crippen LogP contribution is -2.40. The van der Waals surface area contributed by atoms with Crippen LogP contribution in [0.5, 0.6) is 5.75 Å². The van der Waals surface area contributed by atoms with Gasteiger partial charge in [0.25, 0.3) is 5.91 Å². The van der Waals surface area contributed by atoms with E-state index in [-0.39, 0.29) is 18.5 Å². The molecule has 1 heterocycles. The topological polar surface area (TPSA) is 58.6 Å². The SMILES string of the molecule is COc1ccc(C2(C)NC(=O)N(Cc3ccccc3C)C2=O)cc1. The Bertz CT molecular complexity index is 785. The number of nitrogens with one attached hydrogen (secondary N) is 1. The first-order chi connectivity index (χ1) is 11.5. The minimum Gasteiger partial charge on any atom is -0.497 e. The second kappa shape index (κ2) is 6.00.